The van der Waals surface area contributed by atoms with Gasteiger partial charge in [0.2, 0.25) is 0 Å². The first-order valence-electron chi connectivity index (χ1n) is 10.5. The molecule has 3 aliphatic rings. The number of hydrogen-bond donors (Lipinski definition) is 0. The molecule has 0 bridgehead atoms. The third-order valence-corrected chi connectivity index (χ3v) is 6.82. The van der Waals surface area contributed by atoms with Gasteiger partial charge in [-0.25, -0.2) is 0 Å². The Labute approximate surface area is 170 Å². The van der Waals surface area contributed by atoms with Crippen LogP contribution in [0.3, 0.4) is 0 Å². The van der Waals surface area contributed by atoms with Gasteiger partial charge in [-0.05, 0) is 38.7 Å². The zero-order valence-corrected chi connectivity index (χ0v) is 16.8. The van der Waals surface area contributed by atoms with Crippen molar-refractivity contribution in [2.75, 3.05) is 0 Å². The van der Waals surface area contributed by atoms with Gasteiger partial charge in [-0.15, -0.1) is 0 Å². The first kappa shape index (κ1) is 19.6. The van der Waals surface area contributed by atoms with Crippen LogP contribution in [0.2, 0.25) is 0 Å². The minimum atomic E-state index is -0.861. The largest absolute Gasteiger partial charge is 0.313 e. The van der Waals surface area contributed by atoms with Crippen LogP contribution in [0, 0.1) is 17.0 Å². The Kier molecular flexibility index (Phi) is 5.15. The van der Waals surface area contributed by atoms with Crippen LogP contribution in [0.25, 0.3) is 0 Å². The van der Waals surface area contributed by atoms with E-state index >= 15 is 0 Å². The van der Waals surface area contributed by atoms with Crippen molar-refractivity contribution in [1.82, 2.24) is 9.80 Å². The van der Waals surface area contributed by atoms with Gasteiger partial charge < -0.3 is 4.90 Å². The van der Waals surface area contributed by atoms with Gasteiger partial charge in [-0.1, -0.05) is 38.2 Å². The Balaban J connectivity index is 1.71. The van der Waals surface area contributed by atoms with Crippen LogP contribution in [0.15, 0.2) is 30.6 Å². The maximum atomic E-state index is 13.6. The van der Waals surface area contributed by atoms with Crippen LogP contribution in [-0.2, 0) is 4.79 Å². The van der Waals surface area contributed by atoms with E-state index in [2.05, 4.69) is 0 Å². The first-order valence-corrected chi connectivity index (χ1v) is 10.5. The predicted octanol–water partition coefficient (Wildman–Crippen LogP) is 4.30. The van der Waals surface area contributed by atoms with Gasteiger partial charge in [0.1, 0.15) is 5.54 Å². The van der Waals surface area contributed by atoms with E-state index in [-0.39, 0.29) is 29.1 Å². The summed E-state index contributed by atoms with van der Waals surface area (Å²) in [7, 11) is 0. The van der Waals surface area contributed by atoms with Crippen molar-refractivity contribution in [2.24, 2.45) is 0 Å². The number of carbonyl (C=O) groups is 2. The van der Waals surface area contributed by atoms with Crippen LogP contribution in [0.4, 0.5) is 5.69 Å². The normalized spacial score (nSPS) is 21.8. The van der Waals surface area contributed by atoms with Crippen LogP contribution >= 0.6 is 0 Å². The van der Waals surface area contributed by atoms with Crippen molar-refractivity contribution in [3.63, 3.8) is 0 Å². The second-order valence-corrected chi connectivity index (χ2v) is 8.42. The average Bonchev–Trinajstić information content (AvgIpc) is 3.20. The third-order valence-electron chi connectivity index (χ3n) is 6.82. The van der Waals surface area contributed by atoms with Gasteiger partial charge in [0, 0.05) is 35.6 Å². The van der Waals surface area contributed by atoms with Crippen LogP contribution in [0.5, 0.6) is 0 Å². The number of nitrogens with zero attached hydrogens (tertiary/aromatic N) is 3. The van der Waals surface area contributed by atoms with E-state index in [0.717, 1.165) is 38.5 Å². The summed E-state index contributed by atoms with van der Waals surface area (Å²) in [5, 5.41) is 11.3. The number of amides is 2. The van der Waals surface area contributed by atoms with Crippen molar-refractivity contribution in [1.29, 1.82) is 0 Å². The Hall–Kier alpha value is -2.70. The predicted molar refractivity (Wildman–Crippen MR) is 108 cm³/mol. The van der Waals surface area contributed by atoms with Crippen LogP contribution in [0.1, 0.15) is 73.7 Å². The Morgan fingerprint density at radius 3 is 2.45 bits per heavy atom. The number of carbonyl (C=O) groups excluding carboxylic acids is 2. The summed E-state index contributed by atoms with van der Waals surface area (Å²) in [5.41, 5.74) is -0.312. The molecule has 0 aromatic heterocycles. The standard InChI is InChI=1S/C22H27N3O4/c1-16-18(10-7-11-19(16)25(28)29)20(26)24-15-14-23(17-8-3-2-4-9-17)21(27)22(24)12-5-6-13-22/h7,10-11,14-15,17H,2-6,8-9,12-13H2,1H3. The smallest absolute Gasteiger partial charge is 0.273 e. The fourth-order valence-corrected chi connectivity index (χ4v) is 5.20. The SMILES string of the molecule is Cc1c(C(=O)N2C=CN(C3CCCCC3)C(=O)C23CCCC3)cccc1[N+](=O)[O-]. The molecule has 0 N–H and O–H groups in total. The summed E-state index contributed by atoms with van der Waals surface area (Å²) in [6.45, 7) is 1.59. The van der Waals surface area contributed by atoms with Gasteiger partial charge in [0.25, 0.3) is 17.5 Å². The highest BCUT2D eigenvalue weighted by atomic mass is 16.6. The molecule has 1 spiro atoms. The van der Waals surface area contributed by atoms with Crippen molar-refractivity contribution in [3.05, 3.63) is 51.8 Å². The molecule has 0 saturated heterocycles. The second kappa shape index (κ2) is 7.61. The van der Waals surface area contributed by atoms with E-state index in [1.807, 2.05) is 4.90 Å². The lowest BCUT2D eigenvalue weighted by atomic mass is 9.87. The Morgan fingerprint density at radius 1 is 1.10 bits per heavy atom. The van der Waals surface area contributed by atoms with E-state index in [9.17, 15) is 19.7 Å². The number of nitro benzene ring substituents is 1. The highest BCUT2D eigenvalue weighted by Crippen LogP contribution is 2.42. The van der Waals surface area contributed by atoms with E-state index in [1.165, 1.54) is 18.6 Å². The monoisotopic (exact) mass is 397 g/mol. The fraction of sp³-hybridized carbons (Fsp3) is 0.545. The molecule has 0 radical (unpaired) electrons. The van der Waals surface area contributed by atoms with Crippen molar-refractivity contribution < 1.29 is 14.5 Å². The van der Waals surface area contributed by atoms with Gasteiger partial charge in [0.15, 0.2) is 0 Å². The van der Waals surface area contributed by atoms with E-state index in [4.69, 9.17) is 0 Å². The second-order valence-electron chi connectivity index (χ2n) is 8.42. The maximum Gasteiger partial charge on any atom is 0.273 e. The average molecular weight is 397 g/mol. The third kappa shape index (κ3) is 3.22. The number of benzene rings is 1. The molecule has 4 rings (SSSR count). The van der Waals surface area contributed by atoms with E-state index in [1.54, 1.807) is 30.3 Å². The highest BCUT2D eigenvalue weighted by molar-refractivity contribution is 6.02. The van der Waals surface area contributed by atoms with E-state index in [0.29, 0.717) is 18.4 Å². The highest BCUT2D eigenvalue weighted by Gasteiger charge is 2.52. The number of rotatable bonds is 3. The molecule has 154 valence electrons. The lowest BCUT2D eigenvalue weighted by Crippen LogP contribution is -2.61. The first-order chi connectivity index (χ1) is 14.0. The molecular formula is C22H27N3O4. The molecule has 1 heterocycles. The summed E-state index contributed by atoms with van der Waals surface area (Å²) in [6.07, 6.45) is 12.0. The molecule has 7 heteroatoms. The molecule has 1 aliphatic heterocycles. The van der Waals surface area contributed by atoms with E-state index < -0.39 is 10.5 Å². The maximum absolute atomic E-state index is 13.6. The molecule has 2 saturated carbocycles. The van der Waals surface area contributed by atoms with Crippen molar-refractivity contribution >= 4 is 17.5 Å². The molecule has 0 atom stereocenters. The number of hydrogen-bond acceptors (Lipinski definition) is 4. The Morgan fingerprint density at radius 2 is 1.79 bits per heavy atom. The fourth-order valence-electron chi connectivity index (χ4n) is 5.20. The zero-order valence-electron chi connectivity index (χ0n) is 16.8. The summed E-state index contributed by atoms with van der Waals surface area (Å²) < 4.78 is 0. The lowest BCUT2D eigenvalue weighted by molar-refractivity contribution is -0.385. The molecule has 7 nitrogen and oxygen atoms in total. The van der Waals surface area contributed by atoms with Gasteiger partial charge in [-0.2, -0.15) is 0 Å². The summed E-state index contributed by atoms with van der Waals surface area (Å²) in [5.74, 6) is -0.318. The summed E-state index contributed by atoms with van der Waals surface area (Å²) in [6, 6.07) is 4.75. The van der Waals surface area contributed by atoms with Crippen molar-refractivity contribution in [2.45, 2.75) is 76.3 Å². The molecule has 0 unspecified atom stereocenters. The Bertz CT molecular complexity index is 867. The van der Waals surface area contributed by atoms with Gasteiger partial charge in [0.05, 0.1) is 4.92 Å². The molecule has 2 fully saturated rings. The van der Waals surface area contributed by atoms with Crippen LogP contribution in [-0.4, -0.2) is 38.1 Å². The quantitative estimate of drug-likeness (QED) is 0.562. The molecule has 1 aromatic rings. The topological polar surface area (TPSA) is 83.8 Å². The molecule has 1 aromatic carbocycles. The lowest BCUT2D eigenvalue weighted by Gasteiger charge is -2.46. The van der Waals surface area contributed by atoms with Gasteiger partial charge in [-0.3, -0.25) is 24.6 Å². The summed E-state index contributed by atoms with van der Waals surface area (Å²) in [4.78, 5) is 41.4. The minimum absolute atomic E-state index is 0.0147. The molecule has 29 heavy (non-hydrogen) atoms. The number of nitro groups is 1. The molecule has 2 amide bonds. The minimum Gasteiger partial charge on any atom is -0.313 e. The summed E-state index contributed by atoms with van der Waals surface area (Å²) >= 11 is 0. The van der Waals surface area contributed by atoms with Gasteiger partial charge >= 0.3 is 0 Å². The molecule has 2 aliphatic carbocycles. The molecular weight excluding hydrogens is 370 g/mol. The zero-order chi connectivity index (χ0) is 20.6. The van der Waals surface area contributed by atoms with Crippen molar-refractivity contribution in [3.8, 4) is 0 Å². The van der Waals surface area contributed by atoms with Crippen LogP contribution < -0.4 is 0 Å².